The number of fused-ring (bicyclic) bond motifs is 2. The van der Waals surface area contributed by atoms with Crippen molar-refractivity contribution in [3.63, 3.8) is 0 Å². The summed E-state index contributed by atoms with van der Waals surface area (Å²) in [6.07, 6.45) is 11.3. The lowest BCUT2D eigenvalue weighted by Crippen LogP contribution is -2.25. The molecular weight excluding hydrogens is 619 g/mol. The first-order valence-corrected chi connectivity index (χ1v) is 16.3. The second-order valence-corrected chi connectivity index (χ2v) is 12.3. The molecule has 0 spiro atoms. The summed E-state index contributed by atoms with van der Waals surface area (Å²) in [6, 6.07) is 20.2. The number of H-pyrrole nitrogens is 2. The monoisotopic (exact) mass is 652 g/mol. The van der Waals surface area contributed by atoms with Gasteiger partial charge in [-0.1, -0.05) is 30.3 Å². The molecule has 1 saturated heterocycles. The second-order valence-electron chi connectivity index (χ2n) is 12.3. The SMILES string of the molecule is O=C(Cc1ccccc1)Nc1cncc(-c2cc3c(-c4cc5c(-c6cc(F)cc(OCCN7CCCC7)c6)cncc5[nH]4)n[nH]c3cn2)c1. The average molecular weight is 653 g/mol. The van der Waals surface area contributed by atoms with Crippen molar-refractivity contribution in [3.05, 3.63) is 109 Å². The van der Waals surface area contributed by atoms with Crippen LogP contribution in [0.15, 0.2) is 97.7 Å². The van der Waals surface area contributed by atoms with Crippen LogP contribution < -0.4 is 10.1 Å². The lowest BCUT2D eigenvalue weighted by atomic mass is 10.0. The Bertz CT molecular complexity index is 2280. The number of amides is 1. The molecule has 10 nitrogen and oxygen atoms in total. The van der Waals surface area contributed by atoms with Crippen LogP contribution >= 0.6 is 0 Å². The molecule has 5 aromatic heterocycles. The van der Waals surface area contributed by atoms with E-state index >= 15 is 0 Å². The standard InChI is InChI=1S/C38H33FN8O2/c39-27-13-25(15-29(16-27)49-11-10-47-8-4-5-9-47)32-21-41-22-35-30(32)17-34(44-35)38-31-18-33(42-23-36(31)45-46-38)26-14-28(20-40-19-26)43-37(48)12-24-6-2-1-3-7-24/h1-3,6-7,13-23,44H,4-5,8-12H2,(H,43,48)(H,45,46). The first kappa shape index (κ1) is 30.4. The number of carbonyl (C=O) groups is 1. The maximum atomic E-state index is 14.8. The van der Waals surface area contributed by atoms with Crippen LogP contribution in [0.4, 0.5) is 10.1 Å². The third-order valence-electron chi connectivity index (χ3n) is 8.83. The number of hydrogen-bond acceptors (Lipinski definition) is 7. The molecule has 7 aromatic rings. The smallest absolute Gasteiger partial charge is 0.228 e. The number of hydrogen-bond donors (Lipinski definition) is 3. The first-order valence-electron chi connectivity index (χ1n) is 16.3. The van der Waals surface area contributed by atoms with Crippen molar-refractivity contribution in [1.29, 1.82) is 0 Å². The van der Waals surface area contributed by atoms with Gasteiger partial charge in [-0.3, -0.25) is 29.7 Å². The van der Waals surface area contributed by atoms with Crippen LogP contribution in [0.5, 0.6) is 5.75 Å². The highest BCUT2D eigenvalue weighted by atomic mass is 19.1. The maximum Gasteiger partial charge on any atom is 0.228 e. The molecule has 0 unspecified atom stereocenters. The Morgan fingerprint density at radius 3 is 2.61 bits per heavy atom. The molecule has 0 bridgehead atoms. The van der Waals surface area contributed by atoms with E-state index in [0.29, 0.717) is 35.0 Å². The molecule has 1 fully saturated rings. The molecule has 8 rings (SSSR count). The molecule has 1 aliphatic rings. The summed E-state index contributed by atoms with van der Waals surface area (Å²) in [5.41, 5.74) is 7.43. The fourth-order valence-corrected chi connectivity index (χ4v) is 6.42. The number of carbonyl (C=O) groups excluding carboxylic acids is 1. The molecule has 0 saturated carbocycles. The molecule has 49 heavy (non-hydrogen) atoms. The zero-order valence-corrected chi connectivity index (χ0v) is 26.6. The van der Waals surface area contributed by atoms with Crippen LogP contribution in [0, 0.1) is 5.82 Å². The van der Waals surface area contributed by atoms with Gasteiger partial charge in [0, 0.05) is 46.9 Å². The minimum Gasteiger partial charge on any atom is -0.492 e. The van der Waals surface area contributed by atoms with E-state index in [1.807, 2.05) is 54.6 Å². The van der Waals surface area contributed by atoms with Crippen LogP contribution in [0.1, 0.15) is 18.4 Å². The minimum atomic E-state index is -0.367. The average Bonchev–Trinajstić information content (AvgIpc) is 3.88. The fourth-order valence-electron chi connectivity index (χ4n) is 6.42. The number of ether oxygens (including phenoxy) is 1. The van der Waals surface area contributed by atoms with E-state index in [-0.39, 0.29) is 18.1 Å². The fraction of sp³-hybridized carbons (Fsp3) is 0.184. The first-order chi connectivity index (χ1) is 24.1. The number of aromatic amines is 2. The normalized spacial score (nSPS) is 13.3. The van der Waals surface area contributed by atoms with Gasteiger partial charge in [0.15, 0.2) is 0 Å². The van der Waals surface area contributed by atoms with E-state index in [9.17, 15) is 9.18 Å². The summed E-state index contributed by atoms with van der Waals surface area (Å²) < 4.78 is 20.8. The van der Waals surface area contributed by atoms with E-state index in [1.54, 1.807) is 31.0 Å². The summed E-state index contributed by atoms with van der Waals surface area (Å²) in [5, 5.41) is 12.4. The van der Waals surface area contributed by atoms with Crippen molar-refractivity contribution in [2.45, 2.75) is 19.3 Å². The molecule has 1 aliphatic heterocycles. The molecule has 6 heterocycles. The van der Waals surface area contributed by atoms with Crippen molar-refractivity contribution < 1.29 is 13.9 Å². The molecular formula is C38H33FN8O2. The van der Waals surface area contributed by atoms with Gasteiger partial charge in [0.25, 0.3) is 0 Å². The number of nitrogens with one attached hydrogen (secondary N) is 3. The number of benzene rings is 2. The van der Waals surface area contributed by atoms with Crippen LogP contribution in [0.2, 0.25) is 0 Å². The topological polar surface area (TPSA) is 125 Å². The van der Waals surface area contributed by atoms with Gasteiger partial charge in [0.05, 0.1) is 53.1 Å². The highest BCUT2D eigenvalue weighted by Gasteiger charge is 2.17. The van der Waals surface area contributed by atoms with Gasteiger partial charge in [-0.05, 0) is 67.4 Å². The van der Waals surface area contributed by atoms with E-state index in [4.69, 9.17) is 4.74 Å². The molecule has 1 amide bonds. The zero-order valence-electron chi connectivity index (χ0n) is 26.6. The Kier molecular flexibility index (Phi) is 8.24. The van der Waals surface area contributed by atoms with E-state index in [2.05, 4.69) is 40.3 Å². The number of likely N-dealkylation sites (tertiary alicyclic amines) is 1. The van der Waals surface area contributed by atoms with Gasteiger partial charge < -0.3 is 15.0 Å². The Balaban J connectivity index is 1.06. The largest absolute Gasteiger partial charge is 0.492 e. The molecule has 0 radical (unpaired) electrons. The van der Waals surface area contributed by atoms with Crippen molar-refractivity contribution in [2.75, 3.05) is 31.6 Å². The van der Waals surface area contributed by atoms with Gasteiger partial charge in [-0.25, -0.2) is 4.39 Å². The number of halogens is 1. The van der Waals surface area contributed by atoms with Gasteiger partial charge in [0.2, 0.25) is 5.91 Å². The Hall–Kier alpha value is -5.94. The highest BCUT2D eigenvalue weighted by Crippen LogP contribution is 2.36. The Labute approximate surface area is 281 Å². The van der Waals surface area contributed by atoms with Crippen molar-refractivity contribution >= 4 is 33.4 Å². The molecule has 2 aromatic carbocycles. The minimum absolute atomic E-state index is 0.127. The van der Waals surface area contributed by atoms with Gasteiger partial charge in [-0.2, -0.15) is 5.10 Å². The second kappa shape index (κ2) is 13.3. The summed E-state index contributed by atoms with van der Waals surface area (Å²) in [5.74, 6) is 0.00143. The van der Waals surface area contributed by atoms with Crippen LogP contribution in [0.3, 0.4) is 0 Å². The van der Waals surface area contributed by atoms with Gasteiger partial charge in [-0.15, -0.1) is 0 Å². The van der Waals surface area contributed by atoms with E-state index in [0.717, 1.165) is 63.8 Å². The molecule has 3 N–H and O–H groups in total. The highest BCUT2D eigenvalue weighted by molar-refractivity contribution is 6.01. The molecule has 0 atom stereocenters. The van der Waals surface area contributed by atoms with Crippen molar-refractivity contribution in [1.82, 2.24) is 35.0 Å². The summed E-state index contributed by atoms with van der Waals surface area (Å²) in [4.78, 5) is 31.9. The summed E-state index contributed by atoms with van der Waals surface area (Å²) in [6.45, 7) is 3.51. The number of anilines is 1. The Morgan fingerprint density at radius 2 is 1.73 bits per heavy atom. The summed E-state index contributed by atoms with van der Waals surface area (Å²) >= 11 is 0. The van der Waals surface area contributed by atoms with Gasteiger partial charge in [0.1, 0.15) is 23.9 Å². The predicted octanol–water partition coefficient (Wildman–Crippen LogP) is 7.03. The zero-order chi connectivity index (χ0) is 33.2. The Morgan fingerprint density at radius 1 is 0.878 bits per heavy atom. The molecule has 244 valence electrons. The summed E-state index contributed by atoms with van der Waals surface area (Å²) in [7, 11) is 0. The predicted molar refractivity (Wildman–Crippen MR) is 188 cm³/mol. The lowest BCUT2D eigenvalue weighted by Gasteiger charge is -2.15. The third-order valence-corrected chi connectivity index (χ3v) is 8.83. The third kappa shape index (κ3) is 6.61. The van der Waals surface area contributed by atoms with Crippen LogP contribution in [0.25, 0.3) is 55.6 Å². The molecule has 0 aliphatic carbocycles. The molecule has 11 heteroatoms. The maximum absolute atomic E-state index is 14.8. The van der Waals surface area contributed by atoms with Crippen molar-refractivity contribution in [3.8, 4) is 39.5 Å². The lowest BCUT2D eigenvalue weighted by molar-refractivity contribution is -0.115. The number of nitrogens with zero attached hydrogens (tertiary/aromatic N) is 5. The van der Waals surface area contributed by atoms with Crippen molar-refractivity contribution in [2.24, 2.45) is 0 Å². The number of pyridine rings is 3. The van der Waals surface area contributed by atoms with E-state index in [1.165, 1.54) is 25.0 Å². The van der Waals surface area contributed by atoms with E-state index < -0.39 is 0 Å². The quantitative estimate of drug-likeness (QED) is 0.145. The van der Waals surface area contributed by atoms with Crippen LogP contribution in [-0.4, -0.2) is 67.2 Å². The number of rotatable bonds is 10. The number of aromatic nitrogens is 6. The van der Waals surface area contributed by atoms with Gasteiger partial charge >= 0.3 is 0 Å². The van der Waals surface area contributed by atoms with Crippen LogP contribution in [-0.2, 0) is 11.2 Å².